The second-order valence-electron chi connectivity index (χ2n) is 6.52. The Labute approximate surface area is 132 Å². The number of rotatable bonds is 3. The van der Waals surface area contributed by atoms with Crippen molar-refractivity contribution in [2.45, 2.75) is 31.8 Å². The predicted octanol–water partition coefficient (Wildman–Crippen LogP) is 4.32. The number of benzene rings is 2. The summed E-state index contributed by atoms with van der Waals surface area (Å²) >= 11 is 0. The van der Waals surface area contributed by atoms with E-state index in [2.05, 4.69) is 74.2 Å². The van der Waals surface area contributed by atoms with Crippen LogP contribution in [0.2, 0.25) is 0 Å². The zero-order chi connectivity index (χ0) is 15.1. The molecule has 2 aliphatic carbocycles. The zero-order valence-electron chi connectivity index (χ0n) is 13.0. The average Bonchev–Trinajstić information content (AvgIpc) is 3.23. The molecule has 4 rings (SSSR count). The van der Waals surface area contributed by atoms with Gasteiger partial charge in [0.2, 0.25) is 0 Å². The molecule has 0 heterocycles. The molecule has 110 valence electrons. The molecule has 1 fully saturated rings. The van der Waals surface area contributed by atoms with Crippen molar-refractivity contribution < 1.29 is 4.74 Å². The van der Waals surface area contributed by atoms with E-state index >= 15 is 0 Å². The van der Waals surface area contributed by atoms with Crippen LogP contribution in [0.4, 0.5) is 0 Å². The van der Waals surface area contributed by atoms with E-state index in [1.165, 1.54) is 22.3 Å². The summed E-state index contributed by atoms with van der Waals surface area (Å²) in [6.07, 6.45) is 0.286. The summed E-state index contributed by atoms with van der Waals surface area (Å²) in [5, 5.41) is 0. The van der Waals surface area contributed by atoms with Gasteiger partial charge >= 0.3 is 0 Å². The Balaban J connectivity index is 1.78. The second kappa shape index (κ2) is 5.30. The Morgan fingerprint density at radius 1 is 0.864 bits per heavy atom. The second-order valence-corrected chi connectivity index (χ2v) is 6.52. The fourth-order valence-electron chi connectivity index (χ4n) is 3.67. The van der Waals surface area contributed by atoms with Crippen molar-refractivity contribution in [1.82, 2.24) is 0 Å². The van der Waals surface area contributed by atoms with E-state index in [1.807, 2.05) is 0 Å². The predicted molar refractivity (Wildman–Crippen MR) is 88.9 cm³/mol. The summed E-state index contributed by atoms with van der Waals surface area (Å²) < 4.78 is 5.93. The van der Waals surface area contributed by atoms with Gasteiger partial charge in [0.05, 0.1) is 12.7 Å². The van der Waals surface area contributed by atoms with Crippen molar-refractivity contribution in [2.75, 3.05) is 6.61 Å². The molecule has 2 aromatic carbocycles. The molecule has 0 N–H and O–H groups in total. The van der Waals surface area contributed by atoms with E-state index in [9.17, 15) is 0 Å². The summed E-state index contributed by atoms with van der Waals surface area (Å²) in [7, 11) is 0. The summed E-state index contributed by atoms with van der Waals surface area (Å²) in [5.74, 6) is 8.40. The molecule has 0 radical (unpaired) electrons. The lowest BCUT2D eigenvalue weighted by atomic mass is 9.95. The van der Waals surface area contributed by atoms with E-state index in [4.69, 9.17) is 4.74 Å². The van der Waals surface area contributed by atoms with E-state index < -0.39 is 0 Å². The van der Waals surface area contributed by atoms with Gasteiger partial charge in [-0.3, -0.25) is 0 Å². The Bertz CT molecular complexity index is 705. The highest BCUT2D eigenvalue weighted by Gasteiger charge is 2.53. The molecule has 0 amide bonds. The minimum absolute atomic E-state index is 0.286. The van der Waals surface area contributed by atoms with E-state index in [0.717, 1.165) is 6.61 Å². The van der Waals surface area contributed by atoms with Gasteiger partial charge in [-0.2, -0.15) is 0 Å². The molecule has 2 atom stereocenters. The average molecular weight is 288 g/mol. The summed E-state index contributed by atoms with van der Waals surface area (Å²) in [4.78, 5) is 0. The van der Waals surface area contributed by atoms with Crippen molar-refractivity contribution in [3.05, 3.63) is 70.8 Å². The van der Waals surface area contributed by atoms with Crippen molar-refractivity contribution in [1.29, 1.82) is 0 Å². The lowest BCUT2D eigenvalue weighted by molar-refractivity contribution is 0.0688. The molecular weight excluding hydrogens is 268 g/mol. The van der Waals surface area contributed by atoms with Gasteiger partial charge in [0.1, 0.15) is 0 Å². The molecule has 22 heavy (non-hydrogen) atoms. The summed E-state index contributed by atoms with van der Waals surface area (Å²) in [6, 6.07) is 17.2. The number of hydrogen-bond donors (Lipinski definition) is 0. The van der Waals surface area contributed by atoms with E-state index in [-0.39, 0.29) is 6.10 Å². The molecule has 0 spiro atoms. The van der Waals surface area contributed by atoms with Crippen LogP contribution >= 0.6 is 0 Å². The van der Waals surface area contributed by atoms with Crippen molar-refractivity contribution in [3.63, 3.8) is 0 Å². The third kappa shape index (κ3) is 2.25. The molecule has 0 bridgehead atoms. The molecule has 0 aromatic heterocycles. The molecule has 2 unspecified atom stereocenters. The highest BCUT2D eigenvalue weighted by Crippen LogP contribution is 2.62. The van der Waals surface area contributed by atoms with Crippen LogP contribution in [0.5, 0.6) is 0 Å². The van der Waals surface area contributed by atoms with Crippen LogP contribution in [0.15, 0.2) is 48.5 Å². The maximum Gasteiger partial charge on any atom is 0.0519 e. The minimum Gasteiger partial charge on any atom is -0.378 e. The van der Waals surface area contributed by atoms with Crippen LogP contribution in [0.3, 0.4) is 0 Å². The first-order valence-electron chi connectivity index (χ1n) is 8.07. The van der Waals surface area contributed by atoms with Crippen LogP contribution in [0.25, 0.3) is 0 Å². The first-order chi connectivity index (χ1) is 10.8. The Morgan fingerprint density at radius 3 is 1.86 bits per heavy atom. The SMILES string of the molecule is CC(C)OCC1C2c3ccccc3C#Cc3ccccc3C12. The van der Waals surface area contributed by atoms with Crippen LogP contribution in [-0.4, -0.2) is 12.7 Å². The summed E-state index contributed by atoms with van der Waals surface area (Å²) in [5.41, 5.74) is 5.15. The van der Waals surface area contributed by atoms with Gasteiger partial charge in [-0.05, 0) is 54.9 Å². The maximum atomic E-state index is 5.93. The fraction of sp³-hybridized carbons (Fsp3) is 0.333. The Morgan fingerprint density at radius 2 is 1.36 bits per heavy atom. The molecule has 2 aromatic rings. The standard InChI is InChI=1S/C21H20O/c1-14(2)22-13-19-20-17-9-5-3-7-15(17)11-12-16-8-4-6-10-18(16)21(19)20/h3-10,14,19-21H,13H2,1-2H3. The Hall–Kier alpha value is -2.04. The van der Waals surface area contributed by atoms with Crippen molar-refractivity contribution in [2.24, 2.45) is 5.92 Å². The molecule has 1 saturated carbocycles. The fourth-order valence-corrected chi connectivity index (χ4v) is 3.67. The topological polar surface area (TPSA) is 9.23 Å². The zero-order valence-corrected chi connectivity index (χ0v) is 13.0. The first kappa shape index (κ1) is 13.6. The molecule has 1 heteroatoms. The van der Waals surface area contributed by atoms with E-state index in [1.54, 1.807) is 0 Å². The van der Waals surface area contributed by atoms with Gasteiger partial charge in [-0.25, -0.2) is 0 Å². The largest absolute Gasteiger partial charge is 0.378 e. The molecule has 0 aliphatic heterocycles. The highest BCUT2D eigenvalue weighted by atomic mass is 16.5. The summed E-state index contributed by atoms with van der Waals surface area (Å²) in [6.45, 7) is 5.04. The first-order valence-corrected chi connectivity index (χ1v) is 8.07. The highest BCUT2D eigenvalue weighted by molar-refractivity contribution is 5.58. The van der Waals surface area contributed by atoms with Crippen LogP contribution in [-0.2, 0) is 4.74 Å². The van der Waals surface area contributed by atoms with Gasteiger partial charge in [-0.15, -0.1) is 0 Å². The van der Waals surface area contributed by atoms with E-state index in [0.29, 0.717) is 17.8 Å². The van der Waals surface area contributed by atoms with Crippen molar-refractivity contribution >= 4 is 0 Å². The normalized spacial score (nSPS) is 24.2. The van der Waals surface area contributed by atoms with Crippen molar-refractivity contribution in [3.8, 4) is 11.8 Å². The smallest absolute Gasteiger partial charge is 0.0519 e. The lowest BCUT2D eigenvalue weighted by Crippen LogP contribution is -2.06. The molecule has 0 saturated heterocycles. The van der Waals surface area contributed by atoms with Crippen LogP contribution < -0.4 is 0 Å². The van der Waals surface area contributed by atoms with Gasteiger partial charge < -0.3 is 4.74 Å². The number of fused-ring (bicyclic) bond motifs is 5. The lowest BCUT2D eigenvalue weighted by Gasteiger charge is -2.08. The quantitative estimate of drug-likeness (QED) is 0.764. The molecular formula is C21H20O. The maximum absolute atomic E-state index is 5.93. The third-order valence-corrected chi connectivity index (χ3v) is 4.76. The Kier molecular flexibility index (Phi) is 3.28. The van der Waals surface area contributed by atoms with Gasteiger partial charge in [0.15, 0.2) is 0 Å². The van der Waals surface area contributed by atoms with Crippen LogP contribution in [0.1, 0.15) is 47.9 Å². The monoisotopic (exact) mass is 288 g/mol. The van der Waals surface area contributed by atoms with Crippen LogP contribution in [0, 0.1) is 17.8 Å². The third-order valence-electron chi connectivity index (χ3n) is 4.76. The minimum atomic E-state index is 0.286. The molecule has 2 aliphatic rings. The number of ether oxygens (including phenoxy) is 1. The number of hydrogen-bond acceptors (Lipinski definition) is 1. The van der Waals surface area contributed by atoms with Gasteiger partial charge in [0.25, 0.3) is 0 Å². The molecule has 1 nitrogen and oxygen atoms in total. The van der Waals surface area contributed by atoms with Gasteiger partial charge in [0, 0.05) is 11.1 Å². The van der Waals surface area contributed by atoms with Gasteiger partial charge in [-0.1, -0.05) is 48.2 Å².